The molecule has 0 radical (unpaired) electrons. The van der Waals surface area contributed by atoms with Crippen LogP contribution in [0.15, 0.2) is 53.8 Å². The van der Waals surface area contributed by atoms with E-state index in [2.05, 4.69) is 4.90 Å². The highest BCUT2D eigenvalue weighted by molar-refractivity contribution is 6.42. The second-order valence-corrected chi connectivity index (χ2v) is 10.3. The van der Waals surface area contributed by atoms with Crippen LogP contribution in [0, 0.1) is 6.92 Å². The molecule has 8 nitrogen and oxygen atoms in total. The molecule has 2 aromatic carbocycles. The number of amides is 3. The van der Waals surface area contributed by atoms with E-state index in [-0.39, 0.29) is 24.6 Å². The summed E-state index contributed by atoms with van der Waals surface area (Å²) >= 11 is 12.0. The number of nitrogens with zero attached hydrogens (tertiary/aromatic N) is 4. The molecule has 0 saturated carbocycles. The zero-order valence-electron chi connectivity index (χ0n) is 20.9. The number of rotatable bonds is 7. The van der Waals surface area contributed by atoms with Gasteiger partial charge in [0.15, 0.2) is 5.76 Å². The van der Waals surface area contributed by atoms with Crippen molar-refractivity contribution in [1.29, 1.82) is 0 Å². The van der Waals surface area contributed by atoms with Crippen molar-refractivity contribution in [2.45, 2.75) is 13.5 Å². The fourth-order valence-electron chi connectivity index (χ4n) is 4.50. The predicted molar refractivity (Wildman–Crippen MR) is 143 cm³/mol. The number of aliphatic hydroxyl groups is 1. The van der Waals surface area contributed by atoms with Crippen molar-refractivity contribution in [2.24, 2.45) is 0 Å². The molecule has 0 aromatic heterocycles. The molecular formula is C27H30Cl2N4O4. The Balaban J connectivity index is 1.26. The van der Waals surface area contributed by atoms with Crippen LogP contribution < -0.4 is 0 Å². The Kier molecular flexibility index (Phi) is 8.42. The largest absolute Gasteiger partial charge is 0.503 e. The van der Waals surface area contributed by atoms with E-state index in [0.717, 1.165) is 11.1 Å². The number of benzene rings is 2. The molecule has 1 N–H and O–H groups in total. The molecule has 1 saturated heterocycles. The van der Waals surface area contributed by atoms with E-state index in [1.165, 1.54) is 9.80 Å². The maximum absolute atomic E-state index is 13.0. The van der Waals surface area contributed by atoms with Crippen LogP contribution in [0.25, 0.3) is 0 Å². The molecule has 2 aliphatic heterocycles. The summed E-state index contributed by atoms with van der Waals surface area (Å²) in [7, 11) is 1.61. The van der Waals surface area contributed by atoms with E-state index < -0.39 is 17.6 Å². The number of aryl methyl sites for hydroxylation is 1. The first-order valence-corrected chi connectivity index (χ1v) is 12.9. The Labute approximate surface area is 226 Å². The van der Waals surface area contributed by atoms with Gasteiger partial charge >= 0.3 is 0 Å². The Bertz CT molecular complexity index is 1220. The molecule has 4 rings (SSSR count). The fraction of sp³-hybridized carbons (Fsp3) is 0.370. The van der Waals surface area contributed by atoms with Crippen molar-refractivity contribution in [3.63, 3.8) is 0 Å². The third-order valence-corrected chi connectivity index (χ3v) is 7.52. The lowest BCUT2D eigenvalue weighted by Crippen LogP contribution is -2.50. The van der Waals surface area contributed by atoms with Crippen molar-refractivity contribution in [2.75, 3.05) is 52.9 Å². The predicted octanol–water partition coefficient (Wildman–Crippen LogP) is 3.37. The number of halogens is 2. The Morgan fingerprint density at radius 3 is 2.30 bits per heavy atom. The molecule has 0 bridgehead atoms. The molecule has 196 valence electrons. The number of hydrogen-bond donors (Lipinski definition) is 1. The Hall–Kier alpha value is -3.07. The van der Waals surface area contributed by atoms with Gasteiger partial charge in [-0.15, -0.1) is 0 Å². The number of hydrogen-bond acceptors (Lipinski definition) is 5. The van der Waals surface area contributed by atoms with Gasteiger partial charge in [-0.2, -0.15) is 0 Å². The summed E-state index contributed by atoms with van der Waals surface area (Å²) in [6.45, 7) is 5.86. The summed E-state index contributed by atoms with van der Waals surface area (Å²) in [6.07, 6.45) is 0. The zero-order valence-corrected chi connectivity index (χ0v) is 22.4. The maximum Gasteiger partial charge on any atom is 0.289 e. The van der Waals surface area contributed by atoms with Gasteiger partial charge in [0.1, 0.15) is 0 Å². The standard InChI is InChI=1S/C27H30Cl2N4O4/c1-18-3-6-20(7-4-18)25(35)32-12-9-31(10-13-32)11-14-33-17-21(24(34)27(33)37)26(36)30(2)16-19-5-8-22(28)23(29)15-19/h3-8,15,34H,9-14,16-17H2,1-2H3. The molecule has 0 spiro atoms. The number of carbonyl (C=O) groups is 3. The molecule has 0 unspecified atom stereocenters. The van der Waals surface area contributed by atoms with E-state index in [9.17, 15) is 19.5 Å². The van der Waals surface area contributed by atoms with Crippen molar-refractivity contribution in [3.8, 4) is 0 Å². The van der Waals surface area contributed by atoms with Gasteiger partial charge in [0.25, 0.3) is 17.7 Å². The van der Waals surface area contributed by atoms with E-state index in [1.807, 2.05) is 36.1 Å². The van der Waals surface area contributed by atoms with Crippen molar-refractivity contribution in [3.05, 3.63) is 80.5 Å². The molecule has 3 amide bonds. The lowest BCUT2D eigenvalue weighted by atomic mass is 10.1. The third kappa shape index (κ3) is 6.26. The number of likely N-dealkylation sites (N-methyl/N-ethyl adjacent to an activating group) is 1. The summed E-state index contributed by atoms with van der Waals surface area (Å²) in [5.41, 5.74) is 2.67. The van der Waals surface area contributed by atoms with E-state index in [0.29, 0.717) is 54.9 Å². The average molecular weight is 545 g/mol. The first kappa shape index (κ1) is 27.0. The summed E-state index contributed by atoms with van der Waals surface area (Å²) in [4.78, 5) is 45.3. The molecule has 2 aliphatic rings. The van der Waals surface area contributed by atoms with Crippen molar-refractivity contribution in [1.82, 2.24) is 19.6 Å². The molecule has 10 heteroatoms. The molecular weight excluding hydrogens is 515 g/mol. The van der Waals surface area contributed by atoms with Crippen molar-refractivity contribution >= 4 is 40.9 Å². The van der Waals surface area contributed by atoms with Gasteiger partial charge in [-0.25, -0.2) is 0 Å². The van der Waals surface area contributed by atoms with Gasteiger partial charge in [0.05, 0.1) is 22.2 Å². The molecule has 0 aliphatic carbocycles. The van der Waals surface area contributed by atoms with Crippen LogP contribution in [0.4, 0.5) is 0 Å². The lowest BCUT2D eigenvalue weighted by Gasteiger charge is -2.35. The average Bonchev–Trinajstić information content (AvgIpc) is 3.18. The van der Waals surface area contributed by atoms with E-state index in [4.69, 9.17) is 23.2 Å². The summed E-state index contributed by atoms with van der Waals surface area (Å²) in [5.74, 6) is -1.43. The summed E-state index contributed by atoms with van der Waals surface area (Å²) in [6, 6.07) is 12.7. The van der Waals surface area contributed by atoms with Crippen LogP contribution >= 0.6 is 23.2 Å². The Morgan fingerprint density at radius 1 is 0.973 bits per heavy atom. The van der Waals surface area contributed by atoms with Gasteiger partial charge in [0, 0.05) is 58.4 Å². The minimum Gasteiger partial charge on any atom is -0.503 e. The Morgan fingerprint density at radius 2 is 1.65 bits per heavy atom. The topological polar surface area (TPSA) is 84.4 Å². The minimum atomic E-state index is -0.542. The van der Waals surface area contributed by atoms with Crippen LogP contribution in [0.3, 0.4) is 0 Å². The van der Waals surface area contributed by atoms with Crippen LogP contribution in [0.2, 0.25) is 10.0 Å². The van der Waals surface area contributed by atoms with Crippen LogP contribution in [-0.4, -0.2) is 95.3 Å². The van der Waals surface area contributed by atoms with Gasteiger partial charge in [0.2, 0.25) is 0 Å². The summed E-state index contributed by atoms with van der Waals surface area (Å²) in [5, 5.41) is 11.2. The van der Waals surface area contributed by atoms with Crippen LogP contribution in [-0.2, 0) is 16.1 Å². The number of aliphatic hydroxyl groups excluding tert-OH is 1. The van der Waals surface area contributed by atoms with Gasteiger partial charge < -0.3 is 19.8 Å². The first-order valence-electron chi connectivity index (χ1n) is 12.1. The van der Waals surface area contributed by atoms with Gasteiger partial charge in [-0.05, 0) is 36.8 Å². The van der Waals surface area contributed by atoms with Gasteiger partial charge in [-0.3, -0.25) is 19.3 Å². The molecule has 2 heterocycles. The molecule has 2 aromatic rings. The number of carbonyl (C=O) groups excluding carboxylic acids is 3. The van der Waals surface area contributed by atoms with E-state index in [1.54, 1.807) is 25.2 Å². The van der Waals surface area contributed by atoms with Gasteiger partial charge in [-0.1, -0.05) is 47.0 Å². The SMILES string of the molecule is Cc1ccc(C(=O)N2CCN(CCN3CC(C(=O)N(C)Cc4ccc(Cl)c(Cl)c4)=C(O)C3=O)CC2)cc1. The molecule has 37 heavy (non-hydrogen) atoms. The van der Waals surface area contributed by atoms with Crippen molar-refractivity contribution < 1.29 is 19.5 Å². The highest BCUT2D eigenvalue weighted by Crippen LogP contribution is 2.24. The maximum atomic E-state index is 13.0. The molecule has 0 atom stereocenters. The monoisotopic (exact) mass is 544 g/mol. The number of piperazine rings is 1. The molecule has 1 fully saturated rings. The van der Waals surface area contributed by atoms with Crippen LogP contribution in [0.5, 0.6) is 0 Å². The van der Waals surface area contributed by atoms with Crippen LogP contribution in [0.1, 0.15) is 21.5 Å². The highest BCUT2D eigenvalue weighted by atomic mass is 35.5. The van der Waals surface area contributed by atoms with E-state index >= 15 is 0 Å². The first-order chi connectivity index (χ1) is 17.6. The minimum absolute atomic E-state index is 0.0247. The third-order valence-electron chi connectivity index (χ3n) is 6.78. The second kappa shape index (κ2) is 11.5. The quantitative estimate of drug-likeness (QED) is 0.577. The smallest absolute Gasteiger partial charge is 0.289 e. The fourth-order valence-corrected chi connectivity index (χ4v) is 4.82. The second-order valence-electron chi connectivity index (χ2n) is 9.46. The summed E-state index contributed by atoms with van der Waals surface area (Å²) < 4.78 is 0. The normalized spacial score (nSPS) is 16.5. The highest BCUT2D eigenvalue weighted by Gasteiger charge is 2.35. The zero-order chi connectivity index (χ0) is 26.7. The lowest BCUT2D eigenvalue weighted by molar-refractivity contribution is -0.128.